The summed E-state index contributed by atoms with van der Waals surface area (Å²) in [5, 5.41) is 10.1. The molecule has 0 bridgehead atoms. The van der Waals surface area contributed by atoms with E-state index in [1.165, 1.54) is 0 Å². The van der Waals surface area contributed by atoms with Crippen LogP contribution in [-0.2, 0) is 0 Å². The molecule has 0 aromatic heterocycles. The summed E-state index contributed by atoms with van der Waals surface area (Å²) in [6.45, 7) is 5.84. The molecule has 0 heterocycles. The van der Waals surface area contributed by atoms with Crippen LogP contribution in [0.1, 0.15) is 27.2 Å². The van der Waals surface area contributed by atoms with E-state index in [4.69, 9.17) is 10.5 Å². The van der Waals surface area contributed by atoms with Crippen molar-refractivity contribution in [1.82, 2.24) is 0 Å². The third kappa shape index (κ3) is 2.97. The van der Waals surface area contributed by atoms with E-state index in [1.807, 2.05) is 37.3 Å². The number of aliphatic hydroxyl groups is 1. The number of para-hydroxylation sites is 1. The highest BCUT2D eigenvalue weighted by atomic mass is 16.5. The Morgan fingerprint density at radius 3 is 2.19 bits per heavy atom. The molecule has 0 aliphatic carbocycles. The smallest absolute Gasteiger partial charge is 0.135 e. The number of hydrogen-bond donors (Lipinski definition) is 2. The predicted octanol–water partition coefficient (Wildman–Crippen LogP) is 1.94. The molecule has 90 valence electrons. The summed E-state index contributed by atoms with van der Waals surface area (Å²) >= 11 is 0. The van der Waals surface area contributed by atoms with E-state index in [2.05, 4.69) is 0 Å². The van der Waals surface area contributed by atoms with Gasteiger partial charge in [-0.3, -0.25) is 0 Å². The van der Waals surface area contributed by atoms with Gasteiger partial charge >= 0.3 is 0 Å². The molecule has 0 aliphatic heterocycles. The van der Waals surface area contributed by atoms with Crippen molar-refractivity contribution in [3.05, 3.63) is 30.3 Å². The molecule has 1 unspecified atom stereocenters. The first-order valence-corrected chi connectivity index (χ1v) is 5.55. The summed E-state index contributed by atoms with van der Waals surface area (Å²) in [6, 6.07) is 9.49. The van der Waals surface area contributed by atoms with Crippen LogP contribution < -0.4 is 10.5 Å². The van der Waals surface area contributed by atoms with E-state index in [1.54, 1.807) is 13.8 Å². The molecule has 1 aromatic rings. The van der Waals surface area contributed by atoms with Crippen LogP contribution in [0.15, 0.2) is 30.3 Å². The van der Waals surface area contributed by atoms with Crippen LogP contribution >= 0.6 is 0 Å². The van der Waals surface area contributed by atoms with E-state index >= 15 is 0 Å². The highest BCUT2D eigenvalue weighted by Crippen LogP contribution is 2.30. The summed E-state index contributed by atoms with van der Waals surface area (Å²) in [5.74, 6) is 0.751. The van der Waals surface area contributed by atoms with Crippen molar-refractivity contribution >= 4 is 0 Å². The van der Waals surface area contributed by atoms with Crippen LogP contribution in [0.3, 0.4) is 0 Å². The maximum Gasteiger partial charge on any atom is 0.135 e. The zero-order chi connectivity index (χ0) is 12.2. The van der Waals surface area contributed by atoms with Crippen molar-refractivity contribution in [2.75, 3.05) is 6.54 Å². The first kappa shape index (κ1) is 13.0. The highest BCUT2D eigenvalue weighted by Gasteiger charge is 2.41. The Kier molecular flexibility index (Phi) is 3.94. The molecule has 1 atom stereocenters. The molecule has 3 heteroatoms. The minimum atomic E-state index is -0.942. The SMILES string of the molecule is CC(C)(O)C(C)(CCN)Oc1ccccc1. The van der Waals surface area contributed by atoms with E-state index in [0.29, 0.717) is 13.0 Å². The van der Waals surface area contributed by atoms with E-state index < -0.39 is 11.2 Å². The monoisotopic (exact) mass is 223 g/mol. The number of rotatable bonds is 5. The molecular formula is C13H21NO2. The Labute approximate surface area is 97.2 Å². The van der Waals surface area contributed by atoms with Crippen LogP contribution in [0.25, 0.3) is 0 Å². The molecular weight excluding hydrogens is 202 g/mol. The number of ether oxygens (including phenoxy) is 1. The summed E-state index contributed by atoms with van der Waals surface area (Å²) in [5.41, 5.74) is 3.95. The van der Waals surface area contributed by atoms with Crippen molar-refractivity contribution in [2.24, 2.45) is 5.73 Å². The Balaban J connectivity index is 2.88. The maximum absolute atomic E-state index is 10.1. The van der Waals surface area contributed by atoms with Gasteiger partial charge < -0.3 is 15.6 Å². The number of benzene rings is 1. The fourth-order valence-corrected chi connectivity index (χ4v) is 1.51. The van der Waals surface area contributed by atoms with Gasteiger partial charge in [-0.1, -0.05) is 18.2 Å². The molecule has 0 radical (unpaired) electrons. The van der Waals surface area contributed by atoms with E-state index in [0.717, 1.165) is 5.75 Å². The molecule has 1 aromatic carbocycles. The molecule has 3 nitrogen and oxygen atoms in total. The number of nitrogens with two attached hydrogens (primary N) is 1. The zero-order valence-corrected chi connectivity index (χ0v) is 10.2. The quantitative estimate of drug-likeness (QED) is 0.802. The average molecular weight is 223 g/mol. The second kappa shape index (κ2) is 4.85. The van der Waals surface area contributed by atoms with Gasteiger partial charge in [0.2, 0.25) is 0 Å². The molecule has 0 spiro atoms. The fourth-order valence-electron chi connectivity index (χ4n) is 1.51. The van der Waals surface area contributed by atoms with Gasteiger partial charge in [0, 0.05) is 6.42 Å². The Bertz CT molecular complexity index is 318. The van der Waals surface area contributed by atoms with E-state index in [9.17, 15) is 5.11 Å². The van der Waals surface area contributed by atoms with Gasteiger partial charge in [-0.05, 0) is 39.4 Å². The highest BCUT2D eigenvalue weighted by molar-refractivity contribution is 5.22. The van der Waals surface area contributed by atoms with Gasteiger partial charge in [-0.15, -0.1) is 0 Å². The topological polar surface area (TPSA) is 55.5 Å². The lowest BCUT2D eigenvalue weighted by Gasteiger charge is -2.40. The second-order valence-electron chi connectivity index (χ2n) is 4.74. The first-order chi connectivity index (χ1) is 7.39. The summed E-state index contributed by atoms with van der Waals surface area (Å²) in [6.07, 6.45) is 0.603. The summed E-state index contributed by atoms with van der Waals surface area (Å²) in [7, 11) is 0. The summed E-state index contributed by atoms with van der Waals surface area (Å²) < 4.78 is 5.88. The molecule has 0 fully saturated rings. The van der Waals surface area contributed by atoms with Crippen molar-refractivity contribution in [1.29, 1.82) is 0 Å². The predicted molar refractivity (Wildman–Crippen MR) is 65.4 cm³/mol. The van der Waals surface area contributed by atoms with Gasteiger partial charge in [0.1, 0.15) is 11.4 Å². The van der Waals surface area contributed by atoms with Gasteiger partial charge in [-0.2, -0.15) is 0 Å². The first-order valence-electron chi connectivity index (χ1n) is 5.55. The maximum atomic E-state index is 10.1. The van der Waals surface area contributed by atoms with Crippen molar-refractivity contribution in [2.45, 2.75) is 38.4 Å². The van der Waals surface area contributed by atoms with Gasteiger partial charge in [-0.25, -0.2) is 0 Å². The van der Waals surface area contributed by atoms with Crippen LogP contribution in [0.4, 0.5) is 0 Å². The van der Waals surface area contributed by atoms with Crippen molar-refractivity contribution in [3.8, 4) is 5.75 Å². The van der Waals surface area contributed by atoms with Crippen molar-refractivity contribution in [3.63, 3.8) is 0 Å². The van der Waals surface area contributed by atoms with E-state index in [-0.39, 0.29) is 0 Å². The third-order valence-electron chi connectivity index (χ3n) is 3.00. The third-order valence-corrected chi connectivity index (χ3v) is 3.00. The van der Waals surface area contributed by atoms with Crippen LogP contribution in [-0.4, -0.2) is 22.9 Å². The minimum Gasteiger partial charge on any atom is -0.485 e. The van der Waals surface area contributed by atoms with Gasteiger partial charge in [0.05, 0.1) is 5.60 Å². The average Bonchev–Trinajstić information content (AvgIpc) is 2.17. The fraction of sp³-hybridized carbons (Fsp3) is 0.538. The molecule has 0 saturated heterocycles. The molecule has 0 saturated carbocycles. The van der Waals surface area contributed by atoms with Gasteiger partial charge in [0.15, 0.2) is 0 Å². The second-order valence-corrected chi connectivity index (χ2v) is 4.74. The van der Waals surface area contributed by atoms with Crippen LogP contribution in [0.2, 0.25) is 0 Å². The number of hydrogen-bond acceptors (Lipinski definition) is 3. The van der Waals surface area contributed by atoms with Crippen LogP contribution in [0, 0.1) is 0 Å². The Morgan fingerprint density at radius 1 is 1.19 bits per heavy atom. The largest absolute Gasteiger partial charge is 0.485 e. The Hall–Kier alpha value is -1.06. The zero-order valence-electron chi connectivity index (χ0n) is 10.2. The summed E-state index contributed by atoms with van der Waals surface area (Å²) in [4.78, 5) is 0. The van der Waals surface area contributed by atoms with Crippen LogP contribution in [0.5, 0.6) is 5.75 Å². The van der Waals surface area contributed by atoms with Gasteiger partial charge in [0.25, 0.3) is 0 Å². The molecule has 1 rings (SSSR count). The molecule has 0 amide bonds. The normalized spacial score (nSPS) is 15.6. The van der Waals surface area contributed by atoms with Crippen molar-refractivity contribution < 1.29 is 9.84 Å². The minimum absolute atomic E-state index is 0.479. The molecule has 3 N–H and O–H groups in total. The molecule has 0 aliphatic rings. The molecule has 16 heavy (non-hydrogen) atoms. The lowest BCUT2D eigenvalue weighted by atomic mass is 9.84. The standard InChI is InChI=1S/C13H21NO2/c1-12(2,15)13(3,9-10-14)16-11-7-5-4-6-8-11/h4-8,15H,9-10,14H2,1-3H3. The lowest BCUT2D eigenvalue weighted by Crippen LogP contribution is -2.53. The Morgan fingerprint density at radius 2 is 1.75 bits per heavy atom. The lowest BCUT2D eigenvalue weighted by molar-refractivity contribution is -0.105.